The van der Waals surface area contributed by atoms with E-state index in [0.29, 0.717) is 5.91 Å². The number of amides is 1. The van der Waals surface area contributed by atoms with E-state index in [1.807, 2.05) is 11.9 Å². The van der Waals surface area contributed by atoms with Gasteiger partial charge in [0.1, 0.15) is 0 Å². The molecular formula is C10H19N3O. The number of carbonyl (C=O) groups is 1. The van der Waals surface area contributed by atoms with E-state index < -0.39 is 0 Å². The third kappa shape index (κ3) is 1.91. The van der Waals surface area contributed by atoms with Crippen LogP contribution in [0.1, 0.15) is 12.8 Å². The molecule has 1 N–H and O–H groups in total. The van der Waals surface area contributed by atoms with Crippen LogP contribution in [0.4, 0.5) is 0 Å². The lowest BCUT2D eigenvalue weighted by Gasteiger charge is -2.25. The van der Waals surface area contributed by atoms with Gasteiger partial charge in [-0.15, -0.1) is 0 Å². The van der Waals surface area contributed by atoms with Crippen molar-refractivity contribution in [3.05, 3.63) is 0 Å². The third-order valence-electron chi connectivity index (χ3n) is 3.21. The van der Waals surface area contributed by atoms with E-state index in [9.17, 15) is 4.79 Å². The molecule has 2 heterocycles. The first-order valence-electron chi connectivity index (χ1n) is 5.49. The molecule has 0 aliphatic carbocycles. The predicted octanol–water partition coefficient (Wildman–Crippen LogP) is -0.488. The van der Waals surface area contributed by atoms with Gasteiger partial charge in [0.05, 0.1) is 6.04 Å². The van der Waals surface area contributed by atoms with Gasteiger partial charge in [-0.3, -0.25) is 9.69 Å². The first kappa shape index (κ1) is 9.93. The second-order valence-electron chi connectivity index (χ2n) is 4.20. The molecule has 0 aromatic rings. The van der Waals surface area contributed by atoms with Gasteiger partial charge in [-0.25, -0.2) is 0 Å². The van der Waals surface area contributed by atoms with Crippen molar-refractivity contribution in [2.45, 2.75) is 18.9 Å². The molecule has 4 heteroatoms. The maximum atomic E-state index is 11.8. The molecule has 1 unspecified atom stereocenters. The van der Waals surface area contributed by atoms with E-state index in [2.05, 4.69) is 10.2 Å². The maximum absolute atomic E-state index is 11.8. The van der Waals surface area contributed by atoms with E-state index in [1.165, 1.54) is 0 Å². The van der Waals surface area contributed by atoms with Crippen molar-refractivity contribution in [2.24, 2.45) is 0 Å². The average Bonchev–Trinajstić information content (AvgIpc) is 2.47. The first-order valence-corrected chi connectivity index (χ1v) is 5.49. The van der Waals surface area contributed by atoms with Crippen LogP contribution >= 0.6 is 0 Å². The number of nitrogens with zero attached hydrogens (tertiary/aromatic N) is 2. The highest BCUT2D eigenvalue weighted by Gasteiger charge is 2.33. The Morgan fingerprint density at radius 1 is 1.29 bits per heavy atom. The van der Waals surface area contributed by atoms with Crippen molar-refractivity contribution in [1.82, 2.24) is 15.1 Å². The fourth-order valence-corrected chi connectivity index (χ4v) is 2.32. The zero-order valence-electron chi connectivity index (χ0n) is 8.83. The minimum Gasteiger partial charge on any atom is -0.344 e. The number of likely N-dealkylation sites (tertiary alicyclic amines) is 1. The van der Waals surface area contributed by atoms with Gasteiger partial charge in [-0.2, -0.15) is 0 Å². The van der Waals surface area contributed by atoms with Crippen LogP contribution in [0, 0.1) is 0 Å². The zero-order chi connectivity index (χ0) is 9.97. The molecule has 2 aliphatic heterocycles. The summed E-state index contributed by atoms with van der Waals surface area (Å²) in [5.74, 6) is 0.312. The summed E-state index contributed by atoms with van der Waals surface area (Å²) in [6.45, 7) is 5.12. The smallest absolute Gasteiger partial charge is 0.239 e. The maximum Gasteiger partial charge on any atom is 0.239 e. The molecule has 1 atom stereocenters. The molecule has 0 aromatic heterocycles. The standard InChI is InChI=1S/C10H19N3O/c1-12-7-3-9(10(12)14)13-6-2-4-11-5-8-13/h9,11H,2-8H2,1H3. The van der Waals surface area contributed by atoms with Gasteiger partial charge >= 0.3 is 0 Å². The Hall–Kier alpha value is -0.610. The van der Waals surface area contributed by atoms with Crippen LogP contribution in [0.3, 0.4) is 0 Å². The molecule has 0 spiro atoms. The van der Waals surface area contributed by atoms with Crippen LogP contribution in [0.2, 0.25) is 0 Å². The summed E-state index contributed by atoms with van der Waals surface area (Å²) in [6.07, 6.45) is 2.17. The topological polar surface area (TPSA) is 35.6 Å². The first-order chi connectivity index (χ1) is 6.79. The summed E-state index contributed by atoms with van der Waals surface area (Å²) in [5.41, 5.74) is 0. The second kappa shape index (κ2) is 4.28. The second-order valence-corrected chi connectivity index (χ2v) is 4.20. The molecule has 0 aromatic carbocycles. The summed E-state index contributed by atoms with van der Waals surface area (Å²) in [7, 11) is 1.90. The Labute approximate surface area is 85.2 Å². The lowest BCUT2D eigenvalue weighted by atomic mass is 10.2. The SMILES string of the molecule is CN1CCC(N2CCCNCC2)C1=O. The fraction of sp³-hybridized carbons (Fsp3) is 0.900. The van der Waals surface area contributed by atoms with Crippen LogP contribution in [0.5, 0.6) is 0 Å². The normalized spacial score (nSPS) is 30.8. The lowest BCUT2D eigenvalue weighted by Crippen LogP contribution is -2.42. The Kier molecular flexibility index (Phi) is 3.03. The number of likely N-dealkylation sites (N-methyl/N-ethyl adjacent to an activating group) is 1. The third-order valence-corrected chi connectivity index (χ3v) is 3.21. The number of carbonyl (C=O) groups excluding carboxylic acids is 1. The monoisotopic (exact) mass is 197 g/mol. The van der Waals surface area contributed by atoms with Crippen molar-refractivity contribution in [2.75, 3.05) is 39.8 Å². The van der Waals surface area contributed by atoms with E-state index in [4.69, 9.17) is 0 Å². The van der Waals surface area contributed by atoms with Gasteiger partial charge in [0, 0.05) is 33.2 Å². The quantitative estimate of drug-likeness (QED) is 0.616. The minimum atomic E-state index is 0.167. The molecule has 2 saturated heterocycles. The van der Waals surface area contributed by atoms with Crippen molar-refractivity contribution >= 4 is 5.91 Å². The molecule has 0 saturated carbocycles. The molecule has 1 amide bonds. The van der Waals surface area contributed by atoms with E-state index in [-0.39, 0.29) is 6.04 Å². The van der Waals surface area contributed by atoms with Crippen LogP contribution in [0.25, 0.3) is 0 Å². The molecule has 2 fully saturated rings. The van der Waals surface area contributed by atoms with E-state index >= 15 is 0 Å². The Morgan fingerprint density at radius 2 is 2.14 bits per heavy atom. The number of nitrogens with one attached hydrogen (secondary N) is 1. The fourth-order valence-electron chi connectivity index (χ4n) is 2.32. The number of rotatable bonds is 1. The van der Waals surface area contributed by atoms with Gasteiger partial charge in [0.15, 0.2) is 0 Å². The molecular weight excluding hydrogens is 178 g/mol. The predicted molar refractivity (Wildman–Crippen MR) is 55.1 cm³/mol. The molecule has 2 rings (SSSR count). The summed E-state index contributed by atoms with van der Waals surface area (Å²) < 4.78 is 0. The van der Waals surface area contributed by atoms with Crippen molar-refractivity contribution < 1.29 is 4.79 Å². The summed E-state index contributed by atoms with van der Waals surface area (Å²) in [4.78, 5) is 16.0. The van der Waals surface area contributed by atoms with Crippen LogP contribution in [-0.2, 0) is 4.79 Å². The largest absolute Gasteiger partial charge is 0.344 e. The Morgan fingerprint density at radius 3 is 2.86 bits per heavy atom. The summed E-state index contributed by atoms with van der Waals surface area (Å²) >= 11 is 0. The summed E-state index contributed by atoms with van der Waals surface area (Å²) in [6, 6.07) is 0.167. The molecule has 0 bridgehead atoms. The minimum absolute atomic E-state index is 0.167. The van der Waals surface area contributed by atoms with E-state index in [0.717, 1.165) is 45.6 Å². The molecule has 4 nitrogen and oxygen atoms in total. The average molecular weight is 197 g/mol. The van der Waals surface area contributed by atoms with Crippen LogP contribution < -0.4 is 5.32 Å². The van der Waals surface area contributed by atoms with Gasteiger partial charge < -0.3 is 10.2 Å². The van der Waals surface area contributed by atoms with Gasteiger partial charge in [0.2, 0.25) is 5.91 Å². The van der Waals surface area contributed by atoms with Gasteiger partial charge in [0.25, 0.3) is 0 Å². The van der Waals surface area contributed by atoms with Crippen molar-refractivity contribution in [3.8, 4) is 0 Å². The highest BCUT2D eigenvalue weighted by Crippen LogP contribution is 2.16. The van der Waals surface area contributed by atoms with Crippen LogP contribution in [-0.4, -0.2) is 61.5 Å². The van der Waals surface area contributed by atoms with Crippen LogP contribution in [0.15, 0.2) is 0 Å². The molecule has 2 aliphatic rings. The van der Waals surface area contributed by atoms with Gasteiger partial charge in [-0.1, -0.05) is 0 Å². The van der Waals surface area contributed by atoms with Crippen molar-refractivity contribution in [3.63, 3.8) is 0 Å². The van der Waals surface area contributed by atoms with Crippen molar-refractivity contribution in [1.29, 1.82) is 0 Å². The Balaban J connectivity index is 1.96. The molecule has 0 radical (unpaired) electrons. The zero-order valence-corrected chi connectivity index (χ0v) is 8.83. The number of hydrogen-bond acceptors (Lipinski definition) is 3. The highest BCUT2D eigenvalue weighted by atomic mass is 16.2. The number of hydrogen-bond donors (Lipinski definition) is 1. The van der Waals surface area contributed by atoms with E-state index in [1.54, 1.807) is 0 Å². The molecule has 80 valence electrons. The Bertz CT molecular complexity index is 211. The molecule has 14 heavy (non-hydrogen) atoms. The summed E-state index contributed by atoms with van der Waals surface area (Å²) in [5, 5.41) is 3.36. The highest BCUT2D eigenvalue weighted by molar-refractivity contribution is 5.83. The lowest BCUT2D eigenvalue weighted by molar-refractivity contribution is -0.131. The van der Waals surface area contributed by atoms with Gasteiger partial charge in [-0.05, 0) is 19.4 Å².